The number of pyridine rings is 1. The molecule has 2 aliphatic carbocycles. The molecule has 1 N–H and O–H groups in total. The lowest BCUT2D eigenvalue weighted by Gasteiger charge is -2.41. The molecule has 2 bridgehead atoms. The highest BCUT2D eigenvalue weighted by molar-refractivity contribution is 6.05. The third kappa shape index (κ3) is 3.74. The van der Waals surface area contributed by atoms with Crippen LogP contribution >= 0.6 is 0 Å². The number of hydrogen-bond donors (Lipinski definition) is 1. The Hall–Kier alpha value is -3.34. The normalized spacial score (nSPS) is 30.1. The van der Waals surface area contributed by atoms with Crippen LogP contribution in [0.15, 0.2) is 35.5 Å². The molecular formula is C26H29F2N5O4. The Morgan fingerprint density at radius 1 is 1.24 bits per heavy atom. The van der Waals surface area contributed by atoms with Crippen LogP contribution in [-0.4, -0.2) is 49.6 Å². The Kier molecular flexibility index (Phi) is 5.08. The number of amides is 1. The molecule has 2 aliphatic heterocycles. The molecule has 196 valence electrons. The fourth-order valence-corrected chi connectivity index (χ4v) is 5.83. The Morgan fingerprint density at radius 2 is 2.00 bits per heavy atom. The summed E-state index contributed by atoms with van der Waals surface area (Å²) < 4.78 is 41.5. The maximum atomic E-state index is 13.4. The Bertz CT molecular complexity index is 1480. The number of aromatic nitrogens is 4. The topological polar surface area (TPSA) is 99.8 Å². The van der Waals surface area contributed by atoms with Crippen molar-refractivity contribution in [1.82, 2.24) is 18.9 Å². The van der Waals surface area contributed by atoms with Crippen molar-refractivity contribution >= 4 is 17.4 Å². The van der Waals surface area contributed by atoms with E-state index in [1.54, 1.807) is 16.7 Å². The molecule has 2 atom stereocenters. The van der Waals surface area contributed by atoms with Gasteiger partial charge in [0, 0.05) is 30.0 Å². The first-order valence-electron chi connectivity index (χ1n) is 12.4. The van der Waals surface area contributed by atoms with E-state index in [9.17, 15) is 18.4 Å². The first kappa shape index (κ1) is 24.0. The van der Waals surface area contributed by atoms with Gasteiger partial charge in [-0.05, 0) is 52.2 Å². The highest BCUT2D eigenvalue weighted by atomic mass is 19.3. The van der Waals surface area contributed by atoms with Gasteiger partial charge in [0.05, 0.1) is 29.4 Å². The van der Waals surface area contributed by atoms with E-state index in [2.05, 4.69) is 17.2 Å². The van der Waals surface area contributed by atoms with E-state index >= 15 is 0 Å². The molecule has 37 heavy (non-hydrogen) atoms. The van der Waals surface area contributed by atoms with Gasteiger partial charge in [0.25, 0.3) is 11.5 Å². The van der Waals surface area contributed by atoms with Gasteiger partial charge in [-0.25, -0.2) is 13.8 Å². The lowest BCUT2D eigenvalue weighted by molar-refractivity contribution is 0.0154. The first-order valence-corrected chi connectivity index (χ1v) is 12.4. The van der Waals surface area contributed by atoms with Gasteiger partial charge in [-0.15, -0.1) is 0 Å². The van der Waals surface area contributed by atoms with E-state index < -0.39 is 29.3 Å². The number of halogens is 2. The molecule has 0 spiro atoms. The molecular weight excluding hydrogens is 484 g/mol. The number of ether oxygens (including phenoxy) is 2. The molecule has 2 saturated heterocycles. The van der Waals surface area contributed by atoms with Gasteiger partial charge in [0.1, 0.15) is 11.3 Å². The van der Waals surface area contributed by atoms with Crippen molar-refractivity contribution in [3.63, 3.8) is 0 Å². The van der Waals surface area contributed by atoms with E-state index in [1.807, 2.05) is 20.0 Å². The molecule has 0 aromatic carbocycles. The number of rotatable bonds is 7. The number of fused-ring (bicyclic) bond motifs is 2. The van der Waals surface area contributed by atoms with E-state index in [0.717, 1.165) is 18.5 Å². The molecule has 4 fully saturated rings. The SMILES string of the molecule is CC(C)Oc1nc2nc(C34COC(C)(C3)C4)cn2cc1C(=O)Nc1cccn([C@@H]2C[C@@]2(C)C(F)F)c1=O. The third-order valence-electron chi connectivity index (χ3n) is 7.96. The summed E-state index contributed by atoms with van der Waals surface area (Å²) in [7, 11) is 0. The van der Waals surface area contributed by atoms with E-state index in [-0.39, 0.29) is 40.7 Å². The average Bonchev–Trinajstić information content (AvgIpc) is 3.09. The lowest BCUT2D eigenvalue weighted by Crippen LogP contribution is -2.45. The van der Waals surface area contributed by atoms with Crippen LogP contribution in [0.2, 0.25) is 0 Å². The third-order valence-corrected chi connectivity index (χ3v) is 7.96. The quantitative estimate of drug-likeness (QED) is 0.513. The van der Waals surface area contributed by atoms with Crippen LogP contribution < -0.4 is 15.6 Å². The van der Waals surface area contributed by atoms with E-state index in [0.29, 0.717) is 12.4 Å². The van der Waals surface area contributed by atoms with Crippen molar-refractivity contribution in [3.8, 4) is 5.88 Å². The zero-order chi connectivity index (χ0) is 26.3. The van der Waals surface area contributed by atoms with Crippen LogP contribution in [0.1, 0.15) is 69.1 Å². The second kappa shape index (κ2) is 7.83. The van der Waals surface area contributed by atoms with Crippen LogP contribution in [0.3, 0.4) is 0 Å². The maximum Gasteiger partial charge on any atom is 0.274 e. The summed E-state index contributed by atoms with van der Waals surface area (Å²) in [5, 5.41) is 2.63. The van der Waals surface area contributed by atoms with Gasteiger partial charge in [0.2, 0.25) is 18.1 Å². The van der Waals surface area contributed by atoms with Crippen molar-refractivity contribution in [2.45, 2.75) is 76.5 Å². The summed E-state index contributed by atoms with van der Waals surface area (Å²) >= 11 is 0. The number of carbonyl (C=O) groups excluding carboxylic acids is 1. The van der Waals surface area contributed by atoms with Gasteiger partial charge in [-0.1, -0.05) is 6.92 Å². The standard InChI is InChI=1S/C26H29F2N5O4/c1-14(2)37-20-15(9-32-10-17(30-23(32)31-20)26-11-24(3,12-26)36-13-26)19(34)29-16-6-5-7-33(21(16)35)18-8-25(18,4)22(27)28/h5-7,9-10,14,18,22H,8,11-13H2,1-4H3,(H,29,34)/t18-,24?,25-,26?/m1/s1. The minimum Gasteiger partial charge on any atom is -0.474 e. The number of imidazole rings is 1. The largest absolute Gasteiger partial charge is 0.474 e. The monoisotopic (exact) mass is 513 g/mol. The van der Waals surface area contributed by atoms with Crippen LogP contribution in [-0.2, 0) is 10.2 Å². The summed E-state index contributed by atoms with van der Waals surface area (Å²) in [6.07, 6.45) is 4.09. The second-order valence-electron chi connectivity index (χ2n) is 11.4. The zero-order valence-electron chi connectivity index (χ0n) is 21.1. The molecule has 0 unspecified atom stereocenters. The van der Waals surface area contributed by atoms with Crippen LogP contribution in [0.4, 0.5) is 14.5 Å². The fraction of sp³-hybridized carbons (Fsp3) is 0.538. The number of alkyl halides is 2. The minimum absolute atomic E-state index is 0.00585. The Balaban J connectivity index is 1.32. The number of nitrogens with zero attached hydrogens (tertiary/aromatic N) is 4. The average molecular weight is 514 g/mol. The summed E-state index contributed by atoms with van der Waals surface area (Å²) in [5.41, 5.74) is -1.05. The molecule has 2 saturated carbocycles. The molecule has 11 heteroatoms. The lowest BCUT2D eigenvalue weighted by atomic mass is 9.62. The number of carbonyl (C=O) groups is 1. The smallest absolute Gasteiger partial charge is 0.274 e. The minimum atomic E-state index is -2.54. The fourth-order valence-electron chi connectivity index (χ4n) is 5.83. The molecule has 0 radical (unpaired) electrons. The van der Waals surface area contributed by atoms with Crippen molar-refractivity contribution in [3.05, 3.63) is 52.3 Å². The van der Waals surface area contributed by atoms with Gasteiger partial charge in [-0.2, -0.15) is 4.98 Å². The summed E-state index contributed by atoms with van der Waals surface area (Å²) in [6.45, 7) is 7.79. The van der Waals surface area contributed by atoms with E-state index in [4.69, 9.17) is 14.5 Å². The molecule has 9 nitrogen and oxygen atoms in total. The number of nitrogens with one attached hydrogen (secondary N) is 1. The van der Waals surface area contributed by atoms with Gasteiger partial charge in [-0.3, -0.25) is 14.0 Å². The highest BCUT2D eigenvalue weighted by Gasteiger charge is 2.61. The Labute approximate surface area is 211 Å². The summed E-state index contributed by atoms with van der Waals surface area (Å²) in [5.74, 6) is -0.0974. The van der Waals surface area contributed by atoms with Gasteiger partial charge in [0.15, 0.2) is 0 Å². The predicted octanol–water partition coefficient (Wildman–Crippen LogP) is 3.97. The predicted molar refractivity (Wildman–Crippen MR) is 130 cm³/mol. The first-order chi connectivity index (χ1) is 17.4. The van der Waals surface area contributed by atoms with Crippen LogP contribution in [0.5, 0.6) is 5.88 Å². The van der Waals surface area contributed by atoms with E-state index in [1.165, 1.54) is 23.8 Å². The zero-order valence-corrected chi connectivity index (χ0v) is 21.1. The van der Waals surface area contributed by atoms with Crippen LogP contribution in [0, 0.1) is 5.41 Å². The van der Waals surface area contributed by atoms with Crippen molar-refractivity contribution in [1.29, 1.82) is 0 Å². The summed E-state index contributed by atoms with van der Waals surface area (Å²) in [4.78, 5) is 35.6. The molecule has 4 aliphatic rings. The molecule has 5 heterocycles. The number of anilines is 1. The maximum absolute atomic E-state index is 13.4. The van der Waals surface area contributed by atoms with Gasteiger partial charge >= 0.3 is 0 Å². The van der Waals surface area contributed by atoms with Crippen molar-refractivity contribution in [2.75, 3.05) is 11.9 Å². The number of hydrogen-bond acceptors (Lipinski definition) is 6. The van der Waals surface area contributed by atoms with Gasteiger partial charge < -0.3 is 19.4 Å². The summed E-state index contributed by atoms with van der Waals surface area (Å²) in [6, 6.07) is 2.40. The van der Waals surface area contributed by atoms with Crippen molar-refractivity contribution < 1.29 is 23.0 Å². The Morgan fingerprint density at radius 3 is 2.62 bits per heavy atom. The van der Waals surface area contributed by atoms with Crippen molar-refractivity contribution in [2.24, 2.45) is 5.41 Å². The molecule has 3 aromatic heterocycles. The van der Waals surface area contributed by atoms with Crippen LogP contribution in [0.25, 0.3) is 5.78 Å². The molecule has 7 rings (SSSR count). The second-order valence-corrected chi connectivity index (χ2v) is 11.4. The highest BCUT2D eigenvalue weighted by Crippen LogP contribution is 2.59. The molecule has 1 amide bonds. The molecule has 3 aromatic rings.